The molecule has 0 aliphatic carbocycles. The predicted molar refractivity (Wildman–Crippen MR) is 59.5 cm³/mol. The molecule has 0 bridgehead atoms. The Morgan fingerprint density at radius 2 is 2.17 bits per heavy atom. The van der Waals surface area contributed by atoms with Crippen LogP contribution >= 0.6 is 12.6 Å². The minimum absolute atomic E-state index is 0.832. The predicted octanol–water partition coefficient (Wildman–Crippen LogP) is 3.45. The summed E-state index contributed by atoms with van der Waals surface area (Å²) in [5.74, 6) is 7.02. The molecule has 0 rings (SSSR count). The third-order valence-corrected chi connectivity index (χ3v) is 2.10. The van der Waals surface area contributed by atoms with E-state index in [-0.39, 0.29) is 0 Å². The molecule has 0 aromatic carbocycles. The summed E-state index contributed by atoms with van der Waals surface area (Å²) in [7, 11) is 0. The Morgan fingerprint density at radius 1 is 1.42 bits per heavy atom. The van der Waals surface area contributed by atoms with Crippen molar-refractivity contribution in [2.75, 3.05) is 5.75 Å². The maximum absolute atomic E-state index is 4.20. The largest absolute Gasteiger partial charge is 0.175 e. The van der Waals surface area contributed by atoms with E-state index in [1.165, 1.54) is 18.4 Å². The van der Waals surface area contributed by atoms with Crippen LogP contribution in [0.5, 0.6) is 0 Å². The van der Waals surface area contributed by atoms with Gasteiger partial charge < -0.3 is 0 Å². The smallest absolute Gasteiger partial charge is 0.0122 e. The zero-order chi connectivity index (χ0) is 9.23. The lowest BCUT2D eigenvalue weighted by molar-refractivity contribution is 0.828. The van der Waals surface area contributed by atoms with E-state index in [9.17, 15) is 0 Å². The summed E-state index contributed by atoms with van der Waals surface area (Å²) >= 11 is 4.20. The molecule has 12 heavy (non-hydrogen) atoms. The van der Waals surface area contributed by atoms with Gasteiger partial charge in [-0.3, -0.25) is 0 Å². The van der Waals surface area contributed by atoms with Gasteiger partial charge in [0.1, 0.15) is 0 Å². The number of rotatable bonds is 4. The van der Waals surface area contributed by atoms with Crippen molar-refractivity contribution < 1.29 is 0 Å². The Labute approximate surface area is 81.9 Å². The Hall–Kier alpha value is -0.350. The van der Waals surface area contributed by atoms with Crippen molar-refractivity contribution in [2.45, 2.75) is 39.5 Å². The highest BCUT2D eigenvalue weighted by Crippen LogP contribution is 2.01. The van der Waals surface area contributed by atoms with Crippen LogP contribution in [-0.4, -0.2) is 5.75 Å². The molecule has 0 unspecified atom stereocenters. The van der Waals surface area contributed by atoms with Crippen LogP contribution in [0.1, 0.15) is 39.5 Å². The number of hydrogen-bond acceptors (Lipinski definition) is 1. The summed E-state index contributed by atoms with van der Waals surface area (Å²) in [6.07, 6.45) is 6.53. The normalized spacial score (nSPS) is 10.8. The summed E-state index contributed by atoms with van der Waals surface area (Å²) in [6, 6.07) is 0. The summed E-state index contributed by atoms with van der Waals surface area (Å²) in [6.45, 7) is 4.32. The summed E-state index contributed by atoms with van der Waals surface area (Å²) in [5, 5.41) is 0. The molecule has 0 aromatic heterocycles. The van der Waals surface area contributed by atoms with Gasteiger partial charge in [0.15, 0.2) is 0 Å². The lowest BCUT2D eigenvalue weighted by Gasteiger charge is -1.93. The second-order valence-corrected chi connectivity index (χ2v) is 3.06. The van der Waals surface area contributed by atoms with Gasteiger partial charge in [-0.05, 0) is 18.9 Å². The highest BCUT2D eigenvalue weighted by molar-refractivity contribution is 7.80. The minimum Gasteiger partial charge on any atom is -0.175 e. The van der Waals surface area contributed by atoms with E-state index in [1.807, 2.05) is 6.08 Å². The van der Waals surface area contributed by atoms with Gasteiger partial charge in [0.2, 0.25) is 0 Å². The topological polar surface area (TPSA) is 0 Å². The fourth-order valence-electron chi connectivity index (χ4n) is 0.750. The molecule has 0 nitrogen and oxygen atoms in total. The average molecular weight is 182 g/mol. The number of thiol groups is 1. The quantitative estimate of drug-likeness (QED) is 0.384. The highest BCUT2D eigenvalue weighted by atomic mass is 32.1. The maximum Gasteiger partial charge on any atom is 0.0122 e. The molecule has 0 amide bonds. The molecule has 0 saturated heterocycles. The average Bonchev–Trinajstić information content (AvgIpc) is 2.11. The molecule has 0 radical (unpaired) electrons. The van der Waals surface area contributed by atoms with E-state index >= 15 is 0 Å². The molecule has 0 spiro atoms. The highest BCUT2D eigenvalue weighted by Gasteiger charge is 1.85. The first-order valence-electron chi connectivity index (χ1n) is 4.62. The Morgan fingerprint density at radius 3 is 2.67 bits per heavy atom. The molecule has 0 atom stereocenters. The van der Waals surface area contributed by atoms with Crippen LogP contribution in [0, 0.1) is 11.8 Å². The zero-order valence-corrected chi connectivity index (χ0v) is 8.95. The minimum atomic E-state index is 0.832. The molecule has 0 fully saturated rings. The van der Waals surface area contributed by atoms with E-state index in [4.69, 9.17) is 0 Å². The van der Waals surface area contributed by atoms with Gasteiger partial charge in [-0.2, -0.15) is 12.6 Å². The van der Waals surface area contributed by atoms with Crippen LogP contribution in [0.2, 0.25) is 0 Å². The second-order valence-electron chi connectivity index (χ2n) is 2.74. The third kappa shape index (κ3) is 6.37. The van der Waals surface area contributed by atoms with Crippen molar-refractivity contribution in [2.24, 2.45) is 0 Å². The number of hydrogen-bond donors (Lipinski definition) is 1. The summed E-state index contributed by atoms with van der Waals surface area (Å²) in [5.41, 5.74) is 1.32. The zero-order valence-electron chi connectivity index (χ0n) is 8.06. The van der Waals surface area contributed by atoms with Crippen molar-refractivity contribution in [3.63, 3.8) is 0 Å². The first kappa shape index (κ1) is 11.6. The van der Waals surface area contributed by atoms with Gasteiger partial charge in [-0.25, -0.2) is 0 Å². The fraction of sp³-hybridized carbons (Fsp3) is 0.636. The van der Waals surface area contributed by atoms with Crippen molar-refractivity contribution >= 4 is 12.6 Å². The number of allylic oxidation sites excluding steroid dienone is 1. The molecule has 0 aliphatic heterocycles. The monoisotopic (exact) mass is 182 g/mol. The molecule has 68 valence electrons. The van der Waals surface area contributed by atoms with E-state index in [1.54, 1.807) is 0 Å². The van der Waals surface area contributed by atoms with Gasteiger partial charge in [0, 0.05) is 12.2 Å². The van der Waals surface area contributed by atoms with Crippen molar-refractivity contribution in [1.82, 2.24) is 0 Å². The maximum atomic E-state index is 4.20. The fourth-order valence-corrected chi connectivity index (χ4v) is 1.06. The molecule has 0 heterocycles. The Kier molecular flexibility index (Phi) is 8.49. The van der Waals surface area contributed by atoms with E-state index in [0.29, 0.717) is 0 Å². The summed E-state index contributed by atoms with van der Waals surface area (Å²) in [4.78, 5) is 0. The van der Waals surface area contributed by atoms with Gasteiger partial charge in [-0.15, -0.1) is 0 Å². The standard InChI is InChI=1S/C11H18S/c1-3-5-6-7-8-9-11(4-2)10-12/h9,12H,3-6,10H2,1-2H3/b11-9-. The first-order valence-corrected chi connectivity index (χ1v) is 5.25. The SMILES string of the molecule is CCCCC#C/C=C(/CC)CS. The van der Waals surface area contributed by atoms with Crippen LogP contribution in [0.15, 0.2) is 11.6 Å². The lowest BCUT2D eigenvalue weighted by Crippen LogP contribution is -1.79. The van der Waals surface area contributed by atoms with Crippen LogP contribution in [-0.2, 0) is 0 Å². The second kappa shape index (κ2) is 8.74. The van der Waals surface area contributed by atoms with E-state index in [2.05, 4.69) is 38.3 Å². The molecule has 1 heteroatoms. The van der Waals surface area contributed by atoms with Crippen LogP contribution in [0.4, 0.5) is 0 Å². The van der Waals surface area contributed by atoms with E-state index < -0.39 is 0 Å². The molecule has 0 N–H and O–H groups in total. The van der Waals surface area contributed by atoms with E-state index in [0.717, 1.165) is 18.6 Å². The van der Waals surface area contributed by atoms with Gasteiger partial charge >= 0.3 is 0 Å². The molecular weight excluding hydrogens is 164 g/mol. The van der Waals surface area contributed by atoms with Crippen molar-refractivity contribution in [3.05, 3.63) is 11.6 Å². The summed E-state index contributed by atoms with van der Waals surface area (Å²) < 4.78 is 0. The van der Waals surface area contributed by atoms with Gasteiger partial charge in [-0.1, -0.05) is 37.7 Å². The van der Waals surface area contributed by atoms with Crippen molar-refractivity contribution in [1.29, 1.82) is 0 Å². The molecule has 0 aliphatic rings. The Balaban J connectivity index is 3.71. The van der Waals surface area contributed by atoms with Crippen LogP contribution in [0.25, 0.3) is 0 Å². The van der Waals surface area contributed by atoms with Gasteiger partial charge in [0.05, 0.1) is 0 Å². The number of unbranched alkanes of at least 4 members (excludes halogenated alkanes) is 2. The van der Waals surface area contributed by atoms with Gasteiger partial charge in [0.25, 0.3) is 0 Å². The van der Waals surface area contributed by atoms with Crippen LogP contribution in [0.3, 0.4) is 0 Å². The third-order valence-electron chi connectivity index (χ3n) is 1.69. The molecular formula is C11H18S. The lowest BCUT2D eigenvalue weighted by atomic mass is 10.2. The van der Waals surface area contributed by atoms with Crippen molar-refractivity contribution in [3.8, 4) is 11.8 Å². The van der Waals surface area contributed by atoms with Crippen LogP contribution < -0.4 is 0 Å². The molecule has 0 saturated carbocycles. The molecule has 0 aromatic rings. The Bertz CT molecular complexity index is 175. The first-order chi connectivity index (χ1) is 5.85.